The number of ketones is 2. The monoisotopic (exact) mass is 1310 g/mol. The Morgan fingerprint density at radius 3 is 1.29 bits per heavy atom. The van der Waals surface area contributed by atoms with Gasteiger partial charge < -0.3 is 14.9 Å². The molecule has 0 unspecified atom stereocenters. The Kier molecular flexibility index (Phi) is 23.3. The van der Waals surface area contributed by atoms with E-state index in [1.165, 1.54) is 57.3 Å². The molecular weight excluding hydrogens is 1210 g/mol. The van der Waals surface area contributed by atoms with Crippen molar-refractivity contribution in [1.82, 2.24) is 0 Å². The topological polar surface area (TPSA) is 75.5 Å². The van der Waals surface area contributed by atoms with Crippen LogP contribution in [0.2, 0.25) is 0 Å². The molecule has 0 saturated carbocycles. The highest BCUT2D eigenvalue weighted by atomic mass is 16.3. The number of aryl methyl sites for hydroxylation is 3. The number of phenolic OH excluding ortho intramolecular Hbond substituents is 1. The van der Waals surface area contributed by atoms with Crippen molar-refractivity contribution in [3.63, 3.8) is 0 Å². The van der Waals surface area contributed by atoms with Gasteiger partial charge >= 0.3 is 0 Å². The van der Waals surface area contributed by atoms with Crippen LogP contribution in [0.3, 0.4) is 0 Å². The van der Waals surface area contributed by atoms with Crippen LogP contribution in [0, 0.1) is 0 Å². The van der Waals surface area contributed by atoms with Crippen molar-refractivity contribution in [2.75, 3.05) is 29.4 Å². The molecule has 9 heteroatoms. The van der Waals surface area contributed by atoms with Gasteiger partial charge in [0.05, 0.1) is 5.41 Å². The summed E-state index contributed by atoms with van der Waals surface area (Å²) in [5, 5.41) is 10.4. The third-order valence-electron chi connectivity index (χ3n) is 19.4. The Balaban J connectivity index is 0.000000161. The van der Waals surface area contributed by atoms with Gasteiger partial charge in [-0.15, -0.1) is 0 Å². The van der Waals surface area contributed by atoms with Crippen LogP contribution in [-0.4, -0.2) is 46.6 Å². The molecule has 0 bridgehead atoms. The van der Waals surface area contributed by atoms with Gasteiger partial charge in [-0.1, -0.05) is 189 Å². The quantitative estimate of drug-likeness (QED) is 0.0817. The first-order valence-corrected chi connectivity index (χ1v) is 35.3. The van der Waals surface area contributed by atoms with Gasteiger partial charge in [0.15, 0.2) is 54.5 Å². The molecule has 99 heavy (non-hydrogen) atoms. The van der Waals surface area contributed by atoms with Crippen molar-refractivity contribution in [2.24, 2.45) is 21.1 Å². The zero-order valence-electron chi connectivity index (χ0n) is 60.3. The fourth-order valence-electron chi connectivity index (χ4n) is 13.5. The fraction of sp³-hybridized carbons (Fsp3) is 0.267. The maximum absolute atomic E-state index is 12.4. The van der Waals surface area contributed by atoms with Crippen LogP contribution in [-0.2, 0) is 47.0 Å². The third kappa shape index (κ3) is 17.1. The van der Waals surface area contributed by atoms with Gasteiger partial charge in [0.1, 0.15) is 33.4 Å². The van der Waals surface area contributed by atoms with Crippen LogP contribution in [0.1, 0.15) is 145 Å². The van der Waals surface area contributed by atoms with Crippen LogP contribution in [0.5, 0.6) is 5.75 Å². The highest BCUT2D eigenvalue weighted by Crippen LogP contribution is 2.49. The van der Waals surface area contributed by atoms with Crippen molar-refractivity contribution in [2.45, 2.75) is 117 Å². The summed E-state index contributed by atoms with van der Waals surface area (Å²) in [4.78, 5) is 29.8. The molecule has 2 aliphatic carbocycles. The Labute approximate surface area is 589 Å². The van der Waals surface area contributed by atoms with Crippen LogP contribution in [0.15, 0.2) is 277 Å². The van der Waals surface area contributed by atoms with Gasteiger partial charge in [-0.3, -0.25) is 9.59 Å². The number of aromatic hydroxyl groups is 1. The Morgan fingerprint density at radius 1 is 0.424 bits per heavy atom. The highest BCUT2D eigenvalue weighted by Gasteiger charge is 2.44. The molecule has 0 spiro atoms. The van der Waals surface area contributed by atoms with Crippen molar-refractivity contribution >= 4 is 64.7 Å². The van der Waals surface area contributed by atoms with Crippen molar-refractivity contribution in [3.05, 3.63) is 322 Å². The molecule has 7 aromatic rings. The molecule has 3 aliphatic heterocycles. The third-order valence-corrected chi connectivity index (χ3v) is 19.4. The number of para-hydroxylation sites is 3. The van der Waals surface area contributed by atoms with E-state index in [4.69, 9.17) is 0 Å². The van der Waals surface area contributed by atoms with Gasteiger partial charge in [0.2, 0.25) is 5.69 Å². The van der Waals surface area contributed by atoms with E-state index in [1.807, 2.05) is 169 Å². The molecule has 0 atom stereocenters. The Morgan fingerprint density at radius 2 is 0.838 bits per heavy atom. The van der Waals surface area contributed by atoms with Gasteiger partial charge in [-0.2, -0.15) is 4.58 Å². The molecule has 12 rings (SSSR count). The summed E-state index contributed by atoms with van der Waals surface area (Å²) < 4.78 is 8.47. The lowest BCUT2D eigenvalue weighted by Crippen LogP contribution is -2.27. The molecule has 0 fully saturated rings. The zero-order valence-corrected chi connectivity index (χ0v) is 60.3. The summed E-state index contributed by atoms with van der Waals surface area (Å²) >= 11 is 0. The summed E-state index contributed by atoms with van der Waals surface area (Å²) in [6.45, 7) is 23.6. The minimum atomic E-state index is -0.0640. The number of anilines is 2. The number of aromatic nitrogens is 3. The molecular formula is C90H100N6O3+4. The standard InChI is InChI=1S/3C30H33N2O/c3*1-5-6-19-32-27-10-8-7-9-26(27)30(2,3)29(32)16-13-24-12-15-28(33)25(22-24)14-11-23-17-20-31(4)21-18-23/h3*7-18,20-22H,5-6,19H2,1-4H3/q3*+1/p+1. The maximum atomic E-state index is 12.4. The molecule has 0 amide bonds. The van der Waals surface area contributed by atoms with Crippen molar-refractivity contribution < 1.29 is 33.0 Å². The lowest BCUT2D eigenvalue weighted by molar-refractivity contribution is -0.671. The number of hydrogen-bond donors (Lipinski definition) is 1. The summed E-state index contributed by atoms with van der Waals surface area (Å²) in [6, 6.07) is 44.2. The predicted octanol–water partition coefficient (Wildman–Crippen LogP) is 18.3. The van der Waals surface area contributed by atoms with Gasteiger partial charge in [0.25, 0.3) is 0 Å². The number of phenols is 1. The van der Waals surface area contributed by atoms with E-state index in [9.17, 15) is 14.7 Å². The molecule has 6 heterocycles. The molecule has 0 radical (unpaired) electrons. The molecule has 0 saturated heterocycles. The smallest absolute Gasteiger partial charge is 0.209 e. The van der Waals surface area contributed by atoms with E-state index in [0.29, 0.717) is 11.1 Å². The van der Waals surface area contributed by atoms with Gasteiger partial charge in [0, 0.05) is 124 Å². The number of hydrogen-bond acceptors (Lipinski definition) is 5. The SMILES string of the molecule is CCCCN1/C(=C/C=C2\C=CC(=O)C(/C=C/c3cc[n+](C)cc3)=C2)C(C)(C)c2ccccc21.CCCCN1C(=CC=C2C=CC(=O)C(C=Cc3cc[n+](C)cc3)=C2)C(C)(C)c2ccccc21.CCCC[N+]1=C(/C=C/c2ccc(O)c(/C=C/c3cc[n+](C)cc3)c2)C(C)(C)c2ccccc21. The summed E-state index contributed by atoms with van der Waals surface area (Å²) in [6.07, 6.45) is 55.1. The molecule has 1 N–H and O–H groups in total. The van der Waals surface area contributed by atoms with E-state index in [0.717, 1.165) is 90.7 Å². The predicted molar refractivity (Wildman–Crippen MR) is 411 cm³/mol. The molecule has 504 valence electrons. The average Bonchev–Trinajstić information content (AvgIpc) is 1.61. The number of allylic oxidation sites excluding steroid dienone is 19. The Bertz CT molecular complexity index is 4340. The lowest BCUT2D eigenvalue weighted by atomic mass is 9.81. The summed E-state index contributed by atoms with van der Waals surface area (Å²) in [5.41, 5.74) is 20.4. The van der Waals surface area contributed by atoms with E-state index >= 15 is 0 Å². The minimum absolute atomic E-state index is 0.0377. The average molecular weight is 1310 g/mol. The van der Waals surface area contributed by atoms with E-state index < -0.39 is 0 Å². The minimum Gasteiger partial charge on any atom is -0.507 e. The number of rotatable bonds is 19. The fourth-order valence-corrected chi connectivity index (χ4v) is 13.5. The van der Waals surface area contributed by atoms with Gasteiger partial charge in [-0.25, -0.2) is 13.7 Å². The number of carbonyl (C=O) groups excluding carboxylic acids is 2. The number of unbranched alkanes of at least 4 members (excludes halogenated alkanes) is 3. The second kappa shape index (κ2) is 32.3. The number of benzene rings is 4. The van der Waals surface area contributed by atoms with Crippen LogP contribution < -0.4 is 23.5 Å². The first-order valence-electron chi connectivity index (χ1n) is 35.3. The number of pyridine rings is 3. The number of fused-ring (bicyclic) bond motifs is 3. The highest BCUT2D eigenvalue weighted by molar-refractivity contribution is 6.09. The van der Waals surface area contributed by atoms with Crippen LogP contribution in [0.25, 0.3) is 30.4 Å². The lowest BCUT2D eigenvalue weighted by Gasteiger charge is -2.27. The van der Waals surface area contributed by atoms with E-state index in [1.54, 1.807) is 18.2 Å². The second-order valence-corrected chi connectivity index (χ2v) is 27.9. The number of nitrogens with zero attached hydrogens (tertiary/aromatic N) is 6. The molecule has 5 aliphatic rings. The van der Waals surface area contributed by atoms with E-state index in [2.05, 4.69) is 198 Å². The first-order chi connectivity index (χ1) is 47.7. The maximum Gasteiger partial charge on any atom is 0.209 e. The molecule has 4 aromatic carbocycles. The normalized spacial score (nSPS) is 18.1. The molecule has 3 aromatic heterocycles. The zero-order chi connectivity index (χ0) is 70.3. The summed E-state index contributed by atoms with van der Waals surface area (Å²) in [7, 11) is 5.98. The van der Waals surface area contributed by atoms with E-state index in [-0.39, 0.29) is 33.6 Å². The Hall–Kier alpha value is -10.4. The van der Waals surface area contributed by atoms with Crippen molar-refractivity contribution in [3.8, 4) is 5.75 Å². The summed E-state index contributed by atoms with van der Waals surface area (Å²) in [5.74, 6) is 0.363. The van der Waals surface area contributed by atoms with Crippen LogP contribution >= 0.6 is 0 Å². The molecule has 9 nitrogen and oxygen atoms in total. The van der Waals surface area contributed by atoms with Crippen LogP contribution in [0.4, 0.5) is 17.1 Å². The first kappa shape index (κ1) is 71.4. The number of carbonyl (C=O) groups is 2. The largest absolute Gasteiger partial charge is 0.507 e. The second-order valence-electron chi connectivity index (χ2n) is 27.9. The van der Waals surface area contributed by atoms with Crippen molar-refractivity contribution in [1.29, 1.82) is 0 Å². The van der Waals surface area contributed by atoms with Gasteiger partial charge in [-0.05, 0) is 138 Å².